The first-order valence-corrected chi connectivity index (χ1v) is 11.5. The summed E-state index contributed by atoms with van der Waals surface area (Å²) in [5, 5.41) is 0. The van der Waals surface area contributed by atoms with Crippen LogP contribution in [-0.4, -0.2) is 84.1 Å². The molecule has 9 heteroatoms. The average molecular weight is 397 g/mol. The number of aromatic nitrogens is 2. The molecule has 150 valence electrons. The summed E-state index contributed by atoms with van der Waals surface area (Å²) in [6.45, 7) is 1.88. The lowest BCUT2D eigenvalue weighted by molar-refractivity contribution is -0.141. The molecule has 1 aromatic rings. The highest BCUT2D eigenvalue weighted by Crippen LogP contribution is 2.32. The van der Waals surface area contributed by atoms with E-state index in [0.717, 1.165) is 5.69 Å². The summed E-state index contributed by atoms with van der Waals surface area (Å²) in [5.41, 5.74) is 1.14. The van der Waals surface area contributed by atoms with Crippen molar-refractivity contribution in [3.8, 4) is 0 Å². The lowest BCUT2D eigenvalue weighted by Crippen LogP contribution is -2.60. The van der Waals surface area contributed by atoms with Crippen LogP contribution in [-0.2, 0) is 25.9 Å². The van der Waals surface area contributed by atoms with Crippen molar-refractivity contribution in [2.24, 2.45) is 0 Å². The van der Waals surface area contributed by atoms with Crippen LogP contribution in [0.15, 0.2) is 12.5 Å². The van der Waals surface area contributed by atoms with Gasteiger partial charge in [-0.1, -0.05) is 12.8 Å². The maximum Gasteiger partial charge on any atom is 0.248 e. The summed E-state index contributed by atoms with van der Waals surface area (Å²) in [4.78, 5) is 20.7. The molecule has 1 aromatic heterocycles. The van der Waals surface area contributed by atoms with Crippen molar-refractivity contribution < 1.29 is 17.9 Å². The summed E-state index contributed by atoms with van der Waals surface area (Å²) in [6.07, 6.45) is 8.69. The lowest BCUT2D eigenvalue weighted by Gasteiger charge is -2.44. The summed E-state index contributed by atoms with van der Waals surface area (Å²) < 4.78 is 31.9. The second-order valence-electron chi connectivity index (χ2n) is 7.93. The van der Waals surface area contributed by atoms with Crippen molar-refractivity contribution in [1.29, 1.82) is 0 Å². The van der Waals surface area contributed by atoms with E-state index in [-0.39, 0.29) is 36.1 Å². The molecule has 2 saturated heterocycles. The van der Waals surface area contributed by atoms with Gasteiger partial charge in [0, 0.05) is 45.0 Å². The molecule has 1 amide bonds. The monoisotopic (exact) mass is 396 g/mol. The quantitative estimate of drug-likeness (QED) is 0.719. The van der Waals surface area contributed by atoms with Crippen LogP contribution < -0.4 is 0 Å². The molecule has 2 atom stereocenters. The predicted octanol–water partition coefficient (Wildman–Crippen LogP) is 0.454. The number of hydrogen-bond acceptors (Lipinski definition) is 6. The lowest BCUT2D eigenvalue weighted by atomic mass is 10.0. The van der Waals surface area contributed by atoms with Crippen LogP contribution in [0.5, 0.6) is 0 Å². The van der Waals surface area contributed by atoms with Gasteiger partial charge in [0.15, 0.2) is 9.84 Å². The molecule has 2 aliphatic heterocycles. The summed E-state index contributed by atoms with van der Waals surface area (Å²) in [5.74, 6) is 0.0394. The standard InChI is InChI=1S/C18H28N4O4S/c1-26-10-18(23)21-7-6-20(16-11-27(24,25)12-17(16)21)9-15-8-19-13-22(15)14-4-2-3-5-14/h8,13-14,16-17H,2-7,9-12H2,1H3/t16-,17+/m1/s1. The zero-order valence-corrected chi connectivity index (χ0v) is 16.6. The van der Waals surface area contributed by atoms with Gasteiger partial charge in [0.05, 0.1) is 29.6 Å². The zero-order valence-electron chi connectivity index (χ0n) is 15.8. The molecule has 0 spiro atoms. The largest absolute Gasteiger partial charge is 0.375 e. The SMILES string of the molecule is COCC(=O)N1CCN(Cc2cncn2C2CCCC2)[C@@H]2CS(=O)(=O)C[C@@H]21. The summed E-state index contributed by atoms with van der Waals surface area (Å²) in [7, 11) is -1.66. The number of hydrogen-bond donors (Lipinski definition) is 0. The molecule has 3 fully saturated rings. The van der Waals surface area contributed by atoms with E-state index in [1.807, 2.05) is 12.5 Å². The van der Waals surface area contributed by atoms with E-state index in [1.165, 1.54) is 32.8 Å². The van der Waals surface area contributed by atoms with E-state index in [9.17, 15) is 13.2 Å². The van der Waals surface area contributed by atoms with Crippen LogP contribution in [0.3, 0.4) is 0 Å². The molecular formula is C18H28N4O4S. The van der Waals surface area contributed by atoms with E-state index in [0.29, 0.717) is 25.7 Å². The first-order chi connectivity index (χ1) is 13.0. The number of nitrogens with zero attached hydrogens (tertiary/aromatic N) is 4. The van der Waals surface area contributed by atoms with Crippen LogP contribution in [0.25, 0.3) is 0 Å². The Morgan fingerprint density at radius 1 is 1.22 bits per heavy atom. The van der Waals surface area contributed by atoms with Gasteiger partial charge >= 0.3 is 0 Å². The Morgan fingerprint density at radius 2 is 1.96 bits per heavy atom. The van der Waals surface area contributed by atoms with Gasteiger partial charge in [0.2, 0.25) is 5.91 Å². The van der Waals surface area contributed by atoms with Crippen LogP contribution in [0.1, 0.15) is 37.4 Å². The van der Waals surface area contributed by atoms with Gasteiger partial charge in [-0.2, -0.15) is 0 Å². The van der Waals surface area contributed by atoms with Crippen molar-refractivity contribution in [2.75, 3.05) is 38.3 Å². The first kappa shape index (κ1) is 18.9. The average Bonchev–Trinajstić information content (AvgIpc) is 3.33. The molecule has 0 bridgehead atoms. The number of piperazine rings is 1. The molecule has 0 unspecified atom stereocenters. The van der Waals surface area contributed by atoms with E-state index in [2.05, 4.69) is 14.5 Å². The Hall–Kier alpha value is -1.45. The van der Waals surface area contributed by atoms with E-state index in [4.69, 9.17) is 4.74 Å². The highest BCUT2D eigenvalue weighted by Gasteiger charge is 2.48. The third-order valence-corrected chi connectivity index (χ3v) is 7.91. The van der Waals surface area contributed by atoms with Crippen molar-refractivity contribution in [2.45, 2.75) is 50.4 Å². The molecule has 0 N–H and O–H groups in total. The van der Waals surface area contributed by atoms with E-state index >= 15 is 0 Å². The molecule has 3 heterocycles. The molecule has 1 aliphatic carbocycles. The van der Waals surface area contributed by atoms with Gasteiger partial charge in [0.25, 0.3) is 0 Å². The molecule has 27 heavy (non-hydrogen) atoms. The van der Waals surface area contributed by atoms with Crippen LogP contribution in [0, 0.1) is 0 Å². The molecule has 0 aromatic carbocycles. The number of fused-ring (bicyclic) bond motifs is 1. The fraction of sp³-hybridized carbons (Fsp3) is 0.778. The number of imidazole rings is 1. The zero-order chi connectivity index (χ0) is 19.0. The number of carbonyl (C=O) groups is 1. The normalized spacial score (nSPS) is 28.6. The molecule has 8 nitrogen and oxygen atoms in total. The van der Waals surface area contributed by atoms with Gasteiger partial charge in [-0.25, -0.2) is 13.4 Å². The number of amides is 1. The fourth-order valence-electron chi connectivity index (χ4n) is 4.91. The molecule has 3 aliphatic rings. The third kappa shape index (κ3) is 3.77. The Kier molecular flexibility index (Phi) is 5.26. The van der Waals surface area contributed by atoms with Crippen molar-refractivity contribution in [3.05, 3.63) is 18.2 Å². The minimum atomic E-state index is -3.15. The van der Waals surface area contributed by atoms with Crippen molar-refractivity contribution in [3.63, 3.8) is 0 Å². The van der Waals surface area contributed by atoms with Gasteiger partial charge in [0.1, 0.15) is 6.61 Å². The maximum atomic E-state index is 12.4. The minimum absolute atomic E-state index is 0.00226. The second kappa shape index (κ2) is 7.52. The maximum absolute atomic E-state index is 12.4. The number of rotatable bonds is 5. The van der Waals surface area contributed by atoms with Gasteiger partial charge in [-0.15, -0.1) is 0 Å². The number of sulfone groups is 1. The highest BCUT2D eigenvalue weighted by atomic mass is 32.2. The van der Waals surface area contributed by atoms with E-state index < -0.39 is 9.84 Å². The Bertz CT molecular complexity index is 787. The second-order valence-corrected chi connectivity index (χ2v) is 10.1. The summed E-state index contributed by atoms with van der Waals surface area (Å²) in [6, 6.07) is 0.0703. The third-order valence-electron chi connectivity index (χ3n) is 6.21. The minimum Gasteiger partial charge on any atom is -0.375 e. The van der Waals surface area contributed by atoms with Crippen LogP contribution in [0.2, 0.25) is 0 Å². The van der Waals surface area contributed by atoms with Gasteiger partial charge in [-0.05, 0) is 12.8 Å². The summed E-state index contributed by atoms with van der Waals surface area (Å²) >= 11 is 0. The predicted molar refractivity (Wildman–Crippen MR) is 100.0 cm³/mol. The van der Waals surface area contributed by atoms with Crippen LogP contribution in [0.4, 0.5) is 0 Å². The van der Waals surface area contributed by atoms with Gasteiger partial charge in [-0.3, -0.25) is 9.69 Å². The fourth-order valence-corrected chi connectivity index (χ4v) is 6.92. The smallest absolute Gasteiger partial charge is 0.248 e. The molecule has 0 radical (unpaired) electrons. The molecular weight excluding hydrogens is 368 g/mol. The number of methoxy groups -OCH3 is 1. The highest BCUT2D eigenvalue weighted by molar-refractivity contribution is 7.91. The van der Waals surface area contributed by atoms with Gasteiger partial charge < -0.3 is 14.2 Å². The number of ether oxygens (including phenoxy) is 1. The number of carbonyl (C=O) groups excluding carboxylic acids is 1. The topological polar surface area (TPSA) is 84.7 Å². The Morgan fingerprint density at radius 3 is 2.70 bits per heavy atom. The van der Waals surface area contributed by atoms with Crippen molar-refractivity contribution in [1.82, 2.24) is 19.4 Å². The van der Waals surface area contributed by atoms with Crippen molar-refractivity contribution >= 4 is 15.7 Å². The molecule has 4 rings (SSSR count). The molecule has 1 saturated carbocycles. The first-order valence-electron chi connectivity index (χ1n) is 9.72. The van der Waals surface area contributed by atoms with Crippen LogP contribution >= 0.6 is 0 Å². The van der Waals surface area contributed by atoms with E-state index in [1.54, 1.807) is 4.90 Å². The Labute approximate surface area is 160 Å². The Balaban J connectivity index is 1.53.